The maximum atomic E-state index is 13.7. The van der Waals surface area contributed by atoms with Gasteiger partial charge in [0.2, 0.25) is 0 Å². The first-order valence-corrected chi connectivity index (χ1v) is 12.0. The first kappa shape index (κ1) is 24.7. The number of allylic oxidation sites excluding steroid dienone is 1. The Hall–Kier alpha value is -3.41. The Morgan fingerprint density at radius 3 is 2.34 bits per heavy atom. The number of fused-ring (bicyclic) bond motifs is 1. The lowest BCUT2D eigenvalue weighted by Gasteiger charge is -2.38. The number of carbonyl (C=O) groups is 2. The summed E-state index contributed by atoms with van der Waals surface area (Å²) in [4.78, 5) is 31.8. The summed E-state index contributed by atoms with van der Waals surface area (Å²) in [6.45, 7) is 7.51. The van der Waals surface area contributed by atoms with Crippen molar-refractivity contribution in [2.24, 2.45) is 10.9 Å². The van der Waals surface area contributed by atoms with Gasteiger partial charge in [-0.25, -0.2) is 4.79 Å². The van der Waals surface area contributed by atoms with Crippen LogP contribution in [-0.4, -0.2) is 37.8 Å². The molecule has 0 radical (unpaired) electrons. The summed E-state index contributed by atoms with van der Waals surface area (Å²) in [6, 6.07) is 13.8. The number of esters is 1. The Labute approximate surface area is 207 Å². The SMILES string of the molecule is COc1ccc([C@@H]2CC(=O)C3C(=NC(C)=C(C(=O)OC(C)C)[C@@H]3c3cccc(C)c3)C2)cc1OC. The van der Waals surface area contributed by atoms with Crippen LogP contribution in [0.3, 0.4) is 0 Å². The fourth-order valence-corrected chi connectivity index (χ4v) is 5.29. The summed E-state index contributed by atoms with van der Waals surface area (Å²) in [5, 5.41) is 0. The quantitative estimate of drug-likeness (QED) is 0.513. The van der Waals surface area contributed by atoms with Crippen LogP contribution in [0, 0.1) is 12.8 Å². The molecule has 2 aromatic rings. The molecule has 1 aliphatic carbocycles. The van der Waals surface area contributed by atoms with Crippen LogP contribution in [0.25, 0.3) is 0 Å². The minimum Gasteiger partial charge on any atom is -0.493 e. The highest BCUT2D eigenvalue weighted by Crippen LogP contribution is 2.46. The zero-order chi connectivity index (χ0) is 25.3. The molecule has 1 fully saturated rings. The van der Waals surface area contributed by atoms with Gasteiger partial charge in [0.05, 0.1) is 31.8 Å². The second kappa shape index (κ2) is 10.1. The third-order valence-corrected chi connectivity index (χ3v) is 6.80. The minimum atomic E-state index is -0.480. The molecule has 184 valence electrons. The Bertz CT molecular complexity index is 1210. The molecule has 0 bridgehead atoms. The second-order valence-electron chi connectivity index (χ2n) is 9.61. The van der Waals surface area contributed by atoms with Crippen LogP contribution >= 0.6 is 0 Å². The number of hydrogen-bond acceptors (Lipinski definition) is 6. The predicted octanol–water partition coefficient (Wildman–Crippen LogP) is 5.54. The van der Waals surface area contributed by atoms with Gasteiger partial charge >= 0.3 is 5.97 Å². The first-order chi connectivity index (χ1) is 16.7. The third-order valence-electron chi connectivity index (χ3n) is 6.80. The van der Waals surface area contributed by atoms with Crippen molar-refractivity contribution in [3.05, 3.63) is 70.4 Å². The van der Waals surface area contributed by atoms with E-state index < -0.39 is 17.8 Å². The van der Waals surface area contributed by atoms with Gasteiger partial charge in [-0.1, -0.05) is 35.9 Å². The highest BCUT2D eigenvalue weighted by Gasteiger charge is 2.46. The van der Waals surface area contributed by atoms with E-state index in [1.807, 2.05) is 64.1 Å². The Morgan fingerprint density at radius 1 is 0.943 bits per heavy atom. The van der Waals surface area contributed by atoms with Crippen LogP contribution in [0.2, 0.25) is 0 Å². The van der Waals surface area contributed by atoms with Gasteiger partial charge in [-0.3, -0.25) is 9.79 Å². The van der Waals surface area contributed by atoms with Crippen LogP contribution in [0.5, 0.6) is 11.5 Å². The Morgan fingerprint density at radius 2 is 1.69 bits per heavy atom. The molecular formula is C29H33NO5. The number of methoxy groups -OCH3 is 2. The normalized spacial score (nSPS) is 22.0. The van der Waals surface area contributed by atoms with E-state index in [-0.39, 0.29) is 17.8 Å². The number of aryl methyl sites for hydroxylation is 1. The number of Topliss-reactive ketones (excluding diaryl/α,β-unsaturated/α-hetero) is 1. The molecule has 1 saturated carbocycles. The highest BCUT2D eigenvalue weighted by molar-refractivity contribution is 6.12. The molecule has 0 amide bonds. The van der Waals surface area contributed by atoms with E-state index in [0.29, 0.717) is 35.6 Å². The van der Waals surface area contributed by atoms with Gasteiger partial charge in [0, 0.05) is 23.7 Å². The summed E-state index contributed by atoms with van der Waals surface area (Å²) in [6.07, 6.45) is 0.744. The van der Waals surface area contributed by atoms with E-state index in [0.717, 1.165) is 22.4 Å². The van der Waals surface area contributed by atoms with Gasteiger partial charge in [-0.2, -0.15) is 0 Å². The summed E-state index contributed by atoms with van der Waals surface area (Å²) in [7, 11) is 3.21. The number of carbonyl (C=O) groups excluding carboxylic acids is 2. The predicted molar refractivity (Wildman–Crippen MR) is 135 cm³/mol. The van der Waals surface area contributed by atoms with Crippen molar-refractivity contribution in [2.75, 3.05) is 14.2 Å². The molecule has 0 N–H and O–H groups in total. The number of ether oxygens (including phenoxy) is 3. The van der Waals surface area contributed by atoms with Crippen molar-refractivity contribution in [3.63, 3.8) is 0 Å². The molecular weight excluding hydrogens is 442 g/mol. The number of nitrogens with zero attached hydrogens (tertiary/aromatic N) is 1. The van der Waals surface area contributed by atoms with Crippen LogP contribution < -0.4 is 9.47 Å². The number of aliphatic imine (C=N–C) groups is 1. The lowest BCUT2D eigenvalue weighted by molar-refractivity contribution is -0.143. The number of ketones is 1. The van der Waals surface area contributed by atoms with Crippen molar-refractivity contribution >= 4 is 17.5 Å². The van der Waals surface area contributed by atoms with E-state index in [9.17, 15) is 9.59 Å². The molecule has 3 atom stereocenters. The summed E-state index contributed by atoms with van der Waals surface area (Å²) >= 11 is 0. The summed E-state index contributed by atoms with van der Waals surface area (Å²) in [5.74, 6) is 0.0623. The van der Waals surface area contributed by atoms with Gasteiger partial charge in [0.25, 0.3) is 0 Å². The Balaban J connectivity index is 1.77. The number of hydrogen-bond donors (Lipinski definition) is 0. The molecule has 0 spiro atoms. The van der Waals surface area contributed by atoms with Crippen LogP contribution in [-0.2, 0) is 14.3 Å². The molecule has 1 unspecified atom stereocenters. The fourth-order valence-electron chi connectivity index (χ4n) is 5.29. The Kier molecular flexibility index (Phi) is 7.10. The highest BCUT2D eigenvalue weighted by atomic mass is 16.5. The molecule has 1 aliphatic heterocycles. The van der Waals surface area contributed by atoms with E-state index in [4.69, 9.17) is 19.2 Å². The van der Waals surface area contributed by atoms with Gasteiger partial charge in [-0.15, -0.1) is 0 Å². The average Bonchev–Trinajstić information content (AvgIpc) is 2.82. The third kappa shape index (κ3) is 4.88. The summed E-state index contributed by atoms with van der Waals surface area (Å²) < 4.78 is 16.4. The van der Waals surface area contributed by atoms with Crippen molar-refractivity contribution in [3.8, 4) is 11.5 Å². The topological polar surface area (TPSA) is 74.2 Å². The minimum absolute atomic E-state index is 0.0209. The zero-order valence-corrected chi connectivity index (χ0v) is 21.3. The smallest absolute Gasteiger partial charge is 0.336 e. The second-order valence-corrected chi connectivity index (χ2v) is 9.61. The van der Waals surface area contributed by atoms with E-state index in [2.05, 4.69) is 6.07 Å². The molecule has 4 rings (SSSR count). The van der Waals surface area contributed by atoms with E-state index in [1.165, 1.54) is 0 Å². The molecule has 1 heterocycles. The molecule has 2 aliphatic rings. The van der Waals surface area contributed by atoms with E-state index >= 15 is 0 Å². The van der Waals surface area contributed by atoms with Crippen LogP contribution in [0.4, 0.5) is 0 Å². The maximum Gasteiger partial charge on any atom is 0.336 e. The lowest BCUT2D eigenvalue weighted by Crippen LogP contribution is -2.41. The lowest BCUT2D eigenvalue weighted by atomic mass is 9.66. The molecule has 0 saturated heterocycles. The standard InChI is InChI=1S/C29H33NO5/c1-16(2)35-29(32)26-18(4)30-22-13-21(19-10-11-24(33-5)25(15-19)34-6)14-23(31)28(22)27(26)20-9-7-8-17(3)12-20/h7-12,15-16,21,27-28H,13-14H2,1-6H3/t21-,27-,28?/m0/s1. The van der Waals surface area contributed by atoms with Crippen molar-refractivity contribution < 1.29 is 23.8 Å². The van der Waals surface area contributed by atoms with Crippen molar-refractivity contribution in [2.45, 2.75) is 58.5 Å². The van der Waals surface area contributed by atoms with Gasteiger partial charge in [0.15, 0.2) is 11.5 Å². The number of rotatable bonds is 6. The summed E-state index contributed by atoms with van der Waals surface area (Å²) in [5.41, 5.74) is 4.95. The van der Waals surface area contributed by atoms with Crippen molar-refractivity contribution in [1.82, 2.24) is 0 Å². The average molecular weight is 476 g/mol. The monoisotopic (exact) mass is 475 g/mol. The van der Waals surface area contributed by atoms with Gasteiger partial charge in [0.1, 0.15) is 5.78 Å². The van der Waals surface area contributed by atoms with Gasteiger partial charge < -0.3 is 14.2 Å². The zero-order valence-electron chi connectivity index (χ0n) is 21.3. The molecule has 2 aromatic carbocycles. The largest absolute Gasteiger partial charge is 0.493 e. The first-order valence-electron chi connectivity index (χ1n) is 12.0. The number of benzene rings is 2. The van der Waals surface area contributed by atoms with Crippen molar-refractivity contribution in [1.29, 1.82) is 0 Å². The maximum absolute atomic E-state index is 13.7. The molecule has 0 aromatic heterocycles. The fraction of sp³-hybridized carbons (Fsp3) is 0.414. The van der Waals surface area contributed by atoms with Crippen LogP contribution in [0.1, 0.15) is 62.1 Å². The van der Waals surface area contributed by atoms with E-state index in [1.54, 1.807) is 14.2 Å². The molecule has 35 heavy (non-hydrogen) atoms. The molecule has 6 nitrogen and oxygen atoms in total. The molecule has 6 heteroatoms. The van der Waals surface area contributed by atoms with Crippen LogP contribution in [0.15, 0.2) is 58.7 Å². The van der Waals surface area contributed by atoms with Gasteiger partial charge in [-0.05, 0) is 63.3 Å².